The van der Waals surface area contributed by atoms with Crippen molar-refractivity contribution >= 4 is 28.5 Å². The van der Waals surface area contributed by atoms with Crippen molar-refractivity contribution in [1.29, 1.82) is 0 Å². The molecule has 0 aliphatic carbocycles. The number of amides is 1. The lowest BCUT2D eigenvalue weighted by Crippen LogP contribution is -2.33. The number of ether oxygens (including phenoxy) is 1. The van der Waals surface area contributed by atoms with E-state index in [-0.39, 0.29) is 18.1 Å². The lowest BCUT2D eigenvalue weighted by molar-refractivity contribution is -0.141. The first kappa shape index (κ1) is 13.8. The molecule has 20 heavy (non-hydrogen) atoms. The molecule has 0 saturated carbocycles. The summed E-state index contributed by atoms with van der Waals surface area (Å²) in [7, 11) is 2.78. The van der Waals surface area contributed by atoms with E-state index in [4.69, 9.17) is 5.73 Å². The van der Waals surface area contributed by atoms with E-state index in [1.54, 1.807) is 6.07 Å². The zero-order chi connectivity index (χ0) is 14.7. The average Bonchev–Trinajstić information content (AvgIpc) is 2.46. The van der Waals surface area contributed by atoms with E-state index in [1.807, 2.05) is 18.2 Å². The third-order valence-electron chi connectivity index (χ3n) is 2.91. The summed E-state index contributed by atoms with van der Waals surface area (Å²) in [5.41, 5.74) is 7.24. The minimum Gasteiger partial charge on any atom is -0.468 e. The maximum absolute atomic E-state index is 12.2. The molecule has 6 heteroatoms. The normalized spacial score (nSPS) is 10.3. The Balaban J connectivity index is 2.33. The zero-order valence-electron chi connectivity index (χ0n) is 11.3. The van der Waals surface area contributed by atoms with Gasteiger partial charge in [-0.15, -0.1) is 0 Å². The summed E-state index contributed by atoms with van der Waals surface area (Å²) < 4.78 is 4.52. The van der Waals surface area contributed by atoms with E-state index < -0.39 is 5.97 Å². The number of nitrogens with two attached hydrogens (primary N) is 1. The smallest absolute Gasteiger partial charge is 0.325 e. The number of hydrogen-bond donors (Lipinski definition) is 1. The molecule has 0 unspecified atom stereocenters. The summed E-state index contributed by atoms with van der Waals surface area (Å²) in [6.07, 6.45) is 0. The number of pyridine rings is 1. The number of aromatic nitrogens is 1. The Labute approximate surface area is 116 Å². The van der Waals surface area contributed by atoms with E-state index in [9.17, 15) is 9.59 Å². The number of carbonyl (C=O) groups excluding carboxylic acids is 2. The maximum Gasteiger partial charge on any atom is 0.325 e. The number of nitrogen functional groups attached to an aromatic ring is 1. The highest BCUT2D eigenvalue weighted by atomic mass is 16.5. The standard InChI is InChI=1S/C14H15N3O3/c1-17(8-13(18)20-2)14(19)12-7-10(15)9-5-3-4-6-11(9)16-12/h3-7H,8H2,1-2H3,(H2,15,16). The highest BCUT2D eigenvalue weighted by molar-refractivity contribution is 5.99. The predicted molar refractivity (Wildman–Crippen MR) is 75.1 cm³/mol. The van der Waals surface area contributed by atoms with Crippen molar-refractivity contribution in [2.45, 2.75) is 0 Å². The number of benzene rings is 1. The summed E-state index contributed by atoms with van der Waals surface area (Å²) >= 11 is 0. The second-order valence-corrected chi connectivity index (χ2v) is 4.35. The van der Waals surface area contributed by atoms with Gasteiger partial charge in [0.2, 0.25) is 0 Å². The first-order chi connectivity index (χ1) is 9.52. The van der Waals surface area contributed by atoms with Gasteiger partial charge >= 0.3 is 5.97 Å². The molecule has 0 atom stereocenters. The molecule has 1 amide bonds. The minimum absolute atomic E-state index is 0.135. The number of likely N-dealkylation sites (N-methyl/N-ethyl adjacent to an activating group) is 1. The van der Waals surface area contributed by atoms with E-state index in [0.29, 0.717) is 11.2 Å². The zero-order valence-corrected chi connectivity index (χ0v) is 11.3. The molecule has 1 heterocycles. The van der Waals surface area contributed by atoms with Gasteiger partial charge in [0.25, 0.3) is 5.91 Å². The molecule has 0 bridgehead atoms. The van der Waals surface area contributed by atoms with Crippen LogP contribution in [0.3, 0.4) is 0 Å². The van der Waals surface area contributed by atoms with Crippen molar-refractivity contribution in [3.63, 3.8) is 0 Å². The lowest BCUT2D eigenvalue weighted by Gasteiger charge is -2.15. The van der Waals surface area contributed by atoms with Crippen molar-refractivity contribution in [2.75, 3.05) is 26.4 Å². The van der Waals surface area contributed by atoms with Crippen molar-refractivity contribution in [2.24, 2.45) is 0 Å². The van der Waals surface area contributed by atoms with Crippen LogP contribution in [-0.4, -0.2) is 42.5 Å². The molecule has 0 fully saturated rings. The Morgan fingerprint density at radius 3 is 2.75 bits per heavy atom. The van der Waals surface area contributed by atoms with Gasteiger partial charge in [0.15, 0.2) is 0 Å². The lowest BCUT2D eigenvalue weighted by atomic mass is 10.1. The molecule has 0 aliphatic rings. The number of methoxy groups -OCH3 is 1. The van der Waals surface area contributed by atoms with Crippen LogP contribution in [0.5, 0.6) is 0 Å². The highest BCUT2D eigenvalue weighted by Gasteiger charge is 2.17. The van der Waals surface area contributed by atoms with Crippen LogP contribution < -0.4 is 5.73 Å². The van der Waals surface area contributed by atoms with E-state index in [1.165, 1.54) is 25.1 Å². The molecule has 6 nitrogen and oxygen atoms in total. The highest BCUT2D eigenvalue weighted by Crippen LogP contribution is 2.20. The third kappa shape index (κ3) is 2.69. The van der Waals surface area contributed by atoms with Gasteiger partial charge in [0.1, 0.15) is 12.2 Å². The van der Waals surface area contributed by atoms with Gasteiger partial charge in [0, 0.05) is 18.1 Å². The Kier molecular flexibility index (Phi) is 3.84. The number of hydrogen-bond acceptors (Lipinski definition) is 5. The molecule has 1 aromatic heterocycles. The van der Waals surface area contributed by atoms with Crippen LogP contribution in [-0.2, 0) is 9.53 Å². The van der Waals surface area contributed by atoms with Gasteiger partial charge in [-0.2, -0.15) is 0 Å². The maximum atomic E-state index is 12.2. The van der Waals surface area contributed by atoms with Gasteiger partial charge in [0.05, 0.1) is 12.6 Å². The number of anilines is 1. The number of esters is 1. The van der Waals surface area contributed by atoms with Crippen molar-refractivity contribution in [1.82, 2.24) is 9.88 Å². The Bertz CT molecular complexity index is 670. The van der Waals surface area contributed by atoms with Gasteiger partial charge in [-0.1, -0.05) is 18.2 Å². The fourth-order valence-corrected chi connectivity index (χ4v) is 1.84. The van der Waals surface area contributed by atoms with Gasteiger partial charge < -0.3 is 15.4 Å². The third-order valence-corrected chi connectivity index (χ3v) is 2.91. The molecule has 0 radical (unpaired) electrons. The summed E-state index contributed by atoms with van der Waals surface area (Å²) in [6, 6.07) is 8.80. The van der Waals surface area contributed by atoms with Crippen LogP contribution in [0.15, 0.2) is 30.3 Å². The number of carbonyl (C=O) groups is 2. The molecule has 0 aliphatic heterocycles. The van der Waals surface area contributed by atoms with Crippen molar-refractivity contribution < 1.29 is 14.3 Å². The molecule has 1 aromatic carbocycles. The van der Waals surface area contributed by atoms with Crippen LogP contribution in [0.4, 0.5) is 5.69 Å². The van der Waals surface area contributed by atoms with Crippen molar-refractivity contribution in [3.8, 4) is 0 Å². The molecular weight excluding hydrogens is 258 g/mol. The SMILES string of the molecule is COC(=O)CN(C)C(=O)c1cc(N)c2ccccc2n1. The first-order valence-corrected chi connectivity index (χ1v) is 6.00. The fourth-order valence-electron chi connectivity index (χ4n) is 1.84. The van der Waals surface area contributed by atoms with Crippen LogP contribution in [0, 0.1) is 0 Å². The summed E-state index contributed by atoms with van der Waals surface area (Å²) in [4.78, 5) is 28.9. The van der Waals surface area contributed by atoms with E-state index in [2.05, 4.69) is 9.72 Å². The number of rotatable bonds is 3. The minimum atomic E-state index is -0.491. The molecule has 104 valence electrons. The topological polar surface area (TPSA) is 85.5 Å². The summed E-state index contributed by atoms with van der Waals surface area (Å²) in [6.45, 7) is -0.135. The summed E-state index contributed by atoms with van der Waals surface area (Å²) in [5, 5.41) is 0.791. The van der Waals surface area contributed by atoms with Crippen LogP contribution in [0.2, 0.25) is 0 Å². The van der Waals surface area contributed by atoms with Crippen LogP contribution in [0.1, 0.15) is 10.5 Å². The predicted octanol–water partition coefficient (Wildman–Crippen LogP) is 1.06. The summed E-state index contributed by atoms with van der Waals surface area (Å²) in [5.74, 6) is -0.873. The Morgan fingerprint density at radius 2 is 2.05 bits per heavy atom. The molecular formula is C14H15N3O3. The molecule has 2 aromatic rings. The van der Waals surface area contributed by atoms with Gasteiger partial charge in [-0.3, -0.25) is 9.59 Å². The van der Waals surface area contributed by atoms with Crippen LogP contribution in [0.25, 0.3) is 10.9 Å². The molecule has 2 rings (SSSR count). The monoisotopic (exact) mass is 273 g/mol. The van der Waals surface area contributed by atoms with Gasteiger partial charge in [-0.05, 0) is 12.1 Å². The first-order valence-electron chi connectivity index (χ1n) is 6.00. The molecule has 2 N–H and O–H groups in total. The Morgan fingerprint density at radius 1 is 1.35 bits per heavy atom. The average molecular weight is 273 g/mol. The second-order valence-electron chi connectivity index (χ2n) is 4.35. The quantitative estimate of drug-likeness (QED) is 0.845. The van der Waals surface area contributed by atoms with E-state index in [0.717, 1.165) is 5.39 Å². The fraction of sp³-hybridized carbons (Fsp3) is 0.214. The molecule has 0 saturated heterocycles. The van der Waals surface area contributed by atoms with E-state index >= 15 is 0 Å². The number of fused-ring (bicyclic) bond motifs is 1. The van der Waals surface area contributed by atoms with Gasteiger partial charge in [-0.25, -0.2) is 4.98 Å². The number of nitrogens with zero attached hydrogens (tertiary/aromatic N) is 2. The van der Waals surface area contributed by atoms with Crippen molar-refractivity contribution in [3.05, 3.63) is 36.0 Å². The number of para-hydroxylation sites is 1. The largest absolute Gasteiger partial charge is 0.468 e. The Hall–Kier alpha value is -2.63. The molecule has 0 spiro atoms. The second kappa shape index (κ2) is 5.56. The van der Waals surface area contributed by atoms with Crippen LogP contribution >= 0.6 is 0 Å².